The molecular formula is C15H20N2O5. The van der Waals surface area contributed by atoms with E-state index >= 15 is 0 Å². The van der Waals surface area contributed by atoms with Crippen molar-refractivity contribution in [2.24, 2.45) is 0 Å². The maximum absolute atomic E-state index is 12.1. The zero-order valence-corrected chi connectivity index (χ0v) is 12.9. The minimum atomic E-state index is -0.920. The smallest absolute Gasteiger partial charge is 0.303 e. The quantitative estimate of drug-likeness (QED) is 0.592. The van der Waals surface area contributed by atoms with E-state index in [2.05, 4.69) is 5.32 Å². The van der Waals surface area contributed by atoms with Crippen molar-refractivity contribution in [2.45, 2.75) is 45.6 Å². The van der Waals surface area contributed by atoms with Crippen LogP contribution in [0.3, 0.4) is 0 Å². The van der Waals surface area contributed by atoms with E-state index in [1.165, 1.54) is 6.07 Å². The molecule has 0 fully saturated rings. The van der Waals surface area contributed by atoms with Gasteiger partial charge in [-0.2, -0.15) is 0 Å². The Bertz CT molecular complexity index is 596. The third-order valence-electron chi connectivity index (χ3n) is 3.41. The Labute approximate surface area is 128 Å². The summed E-state index contributed by atoms with van der Waals surface area (Å²) >= 11 is 0. The number of rotatable bonds is 7. The fourth-order valence-electron chi connectivity index (χ4n) is 2.14. The van der Waals surface area contributed by atoms with Crippen molar-refractivity contribution in [3.05, 3.63) is 39.4 Å². The van der Waals surface area contributed by atoms with E-state index in [0.29, 0.717) is 17.5 Å². The summed E-state index contributed by atoms with van der Waals surface area (Å²) in [6.07, 6.45) is 0.287. The largest absolute Gasteiger partial charge is 0.481 e. The molecule has 0 heterocycles. The van der Waals surface area contributed by atoms with E-state index in [9.17, 15) is 19.7 Å². The zero-order chi connectivity index (χ0) is 16.9. The minimum Gasteiger partial charge on any atom is -0.481 e. The number of carboxylic acids is 1. The number of nitro groups is 1. The second kappa shape index (κ2) is 7.02. The summed E-state index contributed by atoms with van der Waals surface area (Å²) in [5.74, 6) is -1.21. The summed E-state index contributed by atoms with van der Waals surface area (Å²) in [4.78, 5) is 33.1. The van der Waals surface area contributed by atoms with Crippen molar-refractivity contribution in [1.82, 2.24) is 5.32 Å². The molecule has 2 N–H and O–H groups in total. The average molecular weight is 308 g/mol. The van der Waals surface area contributed by atoms with Crippen LogP contribution >= 0.6 is 0 Å². The Hall–Kier alpha value is -2.44. The molecule has 0 aliphatic carbocycles. The molecule has 0 saturated carbocycles. The van der Waals surface area contributed by atoms with Crippen LogP contribution in [0.1, 0.15) is 37.8 Å². The van der Waals surface area contributed by atoms with Gasteiger partial charge in [-0.05, 0) is 32.8 Å². The summed E-state index contributed by atoms with van der Waals surface area (Å²) in [7, 11) is 0. The lowest BCUT2D eigenvalue weighted by Gasteiger charge is -2.25. The van der Waals surface area contributed by atoms with Gasteiger partial charge in [-0.15, -0.1) is 0 Å². The normalized spacial score (nSPS) is 11.0. The van der Waals surface area contributed by atoms with Crippen LogP contribution in [0.25, 0.3) is 0 Å². The van der Waals surface area contributed by atoms with Crippen LogP contribution < -0.4 is 5.32 Å². The van der Waals surface area contributed by atoms with E-state index in [1.807, 2.05) is 0 Å². The Morgan fingerprint density at radius 1 is 1.36 bits per heavy atom. The van der Waals surface area contributed by atoms with Gasteiger partial charge >= 0.3 is 5.97 Å². The fraction of sp³-hybridized carbons (Fsp3) is 0.467. The maximum atomic E-state index is 12.1. The van der Waals surface area contributed by atoms with Crippen molar-refractivity contribution in [2.75, 3.05) is 0 Å². The molecule has 7 heteroatoms. The second-order valence-electron chi connectivity index (χ2n) is 5.82. The fourth-order valence-corrected chi connectivity index (χ4v) is 2.14. The van der Waals surface area contributed by atoms with Crippen LogP contribution in [0, 0.1) is 17.0 Å². The molecule has 0 aromatic heterocycles. The van der Waals surface area contributed by atoms with Gasteiger partial charge < -0.3 is 10.4 Å². The van der Waals surface area contributed by atoms with E-state index in [1.54, 1.807) is 32.9 Å². The predicted octanol–water partition coefficient (Wildman–Crippen LogP) is 2.21. The Balaban J connectivity index is 2.75. The zero-order valence-electron chi connectivity index (χ0n) is 12.9. The summed E-state index contributed by atoms with van der Waals surface area (Å²) in [6, 6.07) is 4.61. The summed E-state index contributed by atoms with van der Waals surface area (Å²) in [6.45, 7) is 5.10. The standard InChI is InChI=1S/C15H20N2O5/c1-10-11(5-4-6-12(10)17(21)22)9-13(18)16-15(2,3)8-7-14(19)20/h4-6H,7-9H2,1-3H3,(H,16,18)(H,19,20). The van der Waals surface area contributed by atoms with Crippen molar-refractivity contribution in [1.29, 1.82) is 0 Å². The van der Waals surface area contributed by atoms with Crippen molar-refractivity contribution in [3.63, 3.8) is 0 Å². The van der Waals surface area contributed by atoms with E-state index in [0.717, 1.165) is 0 Å². The Kier molecular flexibility index (Phi) is 5.62. The molecule has 0 aliphatic heterocycles. The predicted molar refractivity (Wildman–Crippen MR) is 80.6 cm³/mol. The molecule has 1 aromatic carbocycles. The molecule has 1 aromatic rings. The monoisotopic (exact) mass is 308 g/mol. The summed E-state index contributed by atoms with van der Waals surface area (Å²) in [5.41, 5.74) is 0.381. The van der Waals surface area contributed by atoms with Crippen molar-refractivity contribution >= 4 is 17.6 Å². The number of amides is 1. The molecule has 1 rings (SSSR count). The van der Waals surface area contributed by atoms with Gasteiger partial charge in [-0.25, -0.2) is 0 Å². The van der Waals surface area contributed by atoms with Gasteiger partial charge in [0.15, 0.2) is 0 Å². The third-order valence-corrected chi connectivity index (χ3v) is 3.41. The molecule has 0 bridgehead atoms. The van der Waals surface area contributed by atoms with Gasteiger partial charge in [0.2, 0.25) is 5.91 Å². The van der Waals surface area contributed by atoms with Crippen LogP contribution in [0.15, 0.2) is 18.2 Å². The van der Waals surface area contributed by atoms with Gasteiger partial charge in [0.25, 0.3) is 5.69 Å². The highest BCUT2D eigenvalue weighted by Crippen LogP contribution is 2.21. The highest BCUT2D eigenvalue weighted by molar-refractivity contribution is 5.80. The van der Waals surface area contributed by atoms with Crippen LogP contribution in [-0.2, 0) is 16.0 Å². The lowest BCUT2D eigenvalue weighted by atomic mass is 9.97. The van der Waals surface area contributed by atoms with Crippen LogP contribution in [-0.4, -0.2) is 27.4 Å². The lowest BCUT2D eigenvalue weighted by Crippen LogP contribution is -2.44. The number of nitro benzene ring substituents is 1. The highest BCUT2D eigenvalue weighted by Gasteiger charge is 2.22. The molecule has 22 heavy (non-hydrogen) atoms. The second-order valence-corrected chi connectivity index (χ2v) is 5.82. The molecule has 0 radical (unpaired) electrons. The number of carboxylic acid groups (broad SMARTS) is 1. The molecule has 0 spiro atoms. The molecule has 0 unspecified atom stereocenters. The highest BCUT2D eigenvalue weighted by atomic mass is 16.6. The van der Waals surface area contributed by atoms with E-state index in [4.69, 9.17) is 5.11 Å². The number of hydrogen-bond donors (Lipinski definition) is 2. The lowest BCUT2D eigenvalue weighted by molar-refractivity contribution is -0.385. The van der Waals surface area contributed by atoms with Gasteiger partial charge in [0.05, 0.1) is 11.3 Å². The number of aliphatic carboxylic acids is 1. The molecule has 120 valence electrons. The van der Waals surface area contributed by atoms with Crippen LogP contribution in [0.2, 0.25) is 0 Å². The topological polar surface area (TPSA) is 110 Å². The number of carbonyl (C=O) groups excluding carboxylic acids is 1. The number of nitrogens with one attached hydrogen (secondary N) is 1. The first-order chi connectivity index (χ1) is 10.1. The van der Waals surface area contributed by atoms with Gasteiger partial charge in [-0.1, -0.05) is 12.1 Å². The minimum absolute atomic E-state index is 0.0179. The molecule has 0 saturated heterocycles. The molecular weight excluding hydrogens is 288 g/mol. The van der Waals surface area contributed by atoms with E-state index < -0.39 is 16.4 Å². The van der Waals surface area contributed by atoms with Crippen LogP contribution in [0.5, 0.6) is 0 Å². The number of carbonyl (C=O) groups is 2. The number of nitrogens with zero attached hydrogens (tertiary/aromatic N) is 1. The first kappa shape index (κ1) is 17.6. The number of benzene rings is 1. The van der Waals surface area contributed by atoms with Gasteiger partial charge in [0, 0.05) is 23.6 Å². The maximum Gasteiger partial charge on any atom is 0.303 e. The van der Waals surface area contributed by atoms with Gasteiger partial charge in [-0.3, -0.25) is 19.7 Å². The van der Waals surface area contributed by atoms with Crippen molar-refractivity contribution < 1.29 is 19.6 Å². The van der Waals surface area contributed by atoms with Gasteiger partial charge in [0.1, 0.15) is 0 Å². The Morgan fingerprint density at radius 2 is 2.00 bits per heavy atom. The first-order valence-electron chi connectivity index (χ1n) is 6.88. The first-order valence-corrected chi connectivity index (χ1v) is 6.88. The summed E-state index contributed by atoms with van der Waals surface area (Å²) in [5, 5.41) is 22.3. The average Bonchev–Trinajstić information content (AvgIpc) is 2.38. The molecule has 7 nitrogen and oxygen atoms in total. The molecule has 0 aliphatic rings. The number of hydrogen-bond acceptors (Lipinski definition) is 4. The Morgan fingerprint density at radius 3 is 2.55 bits per heavy atom. The molecule has 1 amide bonds. The van der Waals surface area contributed by atoms with Crippen LogP contribution in [0.4, 0.5) is 5.69 Å². The SMILES string of the molecule is Cc1c(CC(=O)NC(C)(C)CCC(=O)O)cccc1[N+](=O)[O-]. The van der Waals surface area contributed by atoms with E-state index in [-0.39, 0.29) is 24.4 Å². The summed E-state index contributed by atoms with van der Waals surface area (Å²) < 4.78 is 0. The third kappa shape index (κ3) is 5.16. The van der Waals surface area contributed by atoms with Crippen molar-refractivity contribution in [3.8, 4) is 0 Å². The molecule has 0 atom stereocenters.